The number of hydrogen-bond acceptors (Lipinski definition) is 5. The van der Waals surface area contributed by atoms with Crippen molar-refractivity contribution in [1.29, 1.82) is 5.26 Å². The minimum absolute atomic E-state index is 0.0182. The zero-order valence-corrected chi connectivity index (χ0v) is 11.9. The van der Waals surface area contributed by atoms with Gasteiger partial charge < -0.3 is 0 Å². The fourth-order valence-corrected chi connectivity index (χ4v) is 3.99. The van der Waals surface area contributed by atoms with Crippen molar-refractivity contribution in [1.82, 2.24) is 9.29 Å². The Morgan fingerprint density at radius 3 is 2.75 bits per heavy atom. The number of hydrogen-bond donors (Lipinski definition) is 0. The van der Waals surface area contributed by atoms with Gasteiger partial charge in [0, 0.05) is 12.7 Å². The maximum atomic E-state index is 12.6. The molecule has 2 rings (SSSR count). The van der Waals surface area contributed by atoms with Crippen LogP contribution in [0.3, 0.4) is 0 Å². The van der Waals surface area contributed by atoms with Crippen molar-refractivity contribution in [2.24, 2.45) is 0 Å². The second-order valence-electron chi connectivity index (χ2n) is 4.73. The lowest BCUT2D eigenvalue weighted by Crippen LogP contribution is -2.47. The van der Waals surface area contributed by atoms with Gasteiger partial charge in [-0.05, 0) is 31.9 Å². The Morgan fingerprint density at radius 1 is 1.45 bits per heavy atom. The Bertz CT molecular complexity index is 646. The standard InChI is InChI=1S/C13H15N3O3S/c1-10(17)13-4-2-3-7-16(13)20(18,19)12-6-5-11(8-14)15-9-12/h5-6,9,13H,2-4,7H2,1H3. The van der Waals surface area contributed by atoms with E-state index in [1.165, 1.54) is 29.6 Å². The molecule has 1 aliphatic heterocycles. The van der Waals surface area contributed by atoms with E-state index < -0.39 is 16.1 Å². The van der Waals surface area contributed by atoms with E-state index >= 15 is 0 Å². The first kappa shape index (κ1) is 14.6. The number of sulfonamides is 1. The number of carbonyl (C=O) groups is 1. The number of nitriles is 1. The lowest BCUT2D eigenvalue weighted by Gasteiger charge is -2.32. The van der Waals surface area contributed by atoms with Gasteiger partial charge in [0.2, 0.25) is 10.0 Å². The van der Waals surface area contributed by atoms with Gasteiger partial charge in [0.05, 0.1) is 6.04 Å². The van der Waals surface area contributed by atoms with Gasteiger partial charge in [-0.3, -0.25) is 4.79 Å². The van der Waals surface area contributed by atoms with E-state index in [2.05, 4.69) is 4.98 Å². The van der Waals surface area contributed by atoms with Crippen LogP contribution in [0.5, 0.6) is 0 Å². The second kappa shape index (κ2) is 5.69. The van der Waals surface area contributed by atoms with E-state index in [-0.39, 0.29) is 16.4 Å². The van der Waals surface area contributed by atoms with Crippen LogP contribution in [0.25, 0.3) is 0 Å². The molecule has 2 heterocycles. The minimum Gasteiger partial charge on any atom is -0.298 e. The fourth-order valence-electron chi connectivity index (χ4n) is 2.33. The molecule has 0 N–H and O–H groups in total. The molecule has 0 aromatic carbocycles. The first-order chi connectivity index (χ1) is 9.46. The molecule has 0 radical (unpaired) electrons. The first-order valence-corrected chi connectivity index (χ1v) is 7.79. The van der Waals surface area contributed by atoms with Crippen LogP contribution in [0, 0.1) is 11.3 Å². The molecular formula is C13H15N3O3S. The monoisotopic (exact) mass is 293 g/mol. The highest BCUT2D eigenvalue weighted by atomic mass is 32.2. The maximum absolute atomic E-state index is 12.6. The Morgan fingerprint density at radius 2 is 2.20 bits per heavy atom. The molecule has 1 fully saturated rings. The highest BCUT2D eigenvalue weighted by Crippen LogP contribution is 2.25. The number of piperidine rings is 1. The predicted molar refractivity (Wildman–Crippen MR) is 71.2 cm³/mol. The minimum atomic E-state index is -3.74. The Labute approximate surface area is 118 Å². The third kappa shape index (κ3) is 2.71. The van der Waals surface area contributed by atoms with Crippen LogP contribution in [0.4, 0.5) is 0 Å². The third-order valence-electron chi connectivity index (χ3n) is 3.38. The van der Waals surface area contributed by atoms with Crippen molar-refractivity contribution in [2.75, 3.05) is 6.54 Å². The molecule has 1 aromatic rings. The predicted octanol–water partition coefficient (Wildman–Crippen LogP) is 1.09. The number of carbonyl (C=O) groups excluding carboxylic acids is 1. The number of Topliss-reactive ketones (excluding diaryl/α,β-unsaturated/α-hetero) is 1. The number of nitrogens with zero attached hydrogens (tertiary/aromatic N) is 3. The van der Waals surface area contributed by atoms with E-state index in [9.17, 15) is 13.2 Å². The highest BCUT2D eigenvalue weighted by molar-refractivity contribution is 7.89. The summed E-state index contributed by atoms with van der Waals surface area (Å²) in [6.45, 7) is 1.75. The molecular weight excluding hydrogens is 278 g/mol. The molecule has 1 atom stereocenters. The molecule has 106 valence electrons. The van der Waals surface area contributed by atoms with Crippen molar-refractivity contribution < 1.29 is 13.2 Å². The third-order valence-corrected chi connectivity index (χ3v) is 5.27. The summed E-state index contributed by atoms with van der Waals surface area (Å²) in [4.78, 5) is 15.4. The highest BCUT2D eigenvalue weighted by Gasteiger charge is 2.35. The van der Waals surface area contributed by atoms with Gasteiger partial charge in [-0.15, -0.1) is 0 Å². The average Bonchev–Trinajstić information content (AvgIpc) is 2.47. The van der Waals surface area contributed by atoms with E-state index in [1.807, 2.05) is 6.07 Å². The summed E-state index contributed by atoms with van der Waals surface area (Å²) < 4.78 is 26.4. The number of pyridine rings is 1. The zero-order chi connectivity index (χ0) is 14.8. The fraction of sp³-hybridized carbons (Fsp3) is 0.462. The Kier molecular flexibility index (Phi) is 4.16. The molecule has 0 amide bonds. The molecule has 1 aromatic heterocycles. The van der Waals surface area contributed by atoms with Gasteiger partial charge in [-0.2, -0.15) is 9.57 Å². The quantitative estimate of drug-likeness (QED) is 0.831. The zero-order valence-electron chi connectivity index (χ0n) is 11.1. The van der Waals surface area contributed by atoms with E-state index in [1.54, 1.807) is 0 Å². The lowest BCUT2D eigenvalue weighted by molar-refractivity contribution is -0.121. The van der Waals surface area contributed by atoms with Crippen molar-refractivity contribution in [3.05, 3.63) is 24.0 Å². The largest absolute Gasteiger partial charge is 0.298 e. The van der Waals surface area contributed by atoms with Crippen molar-refractivity contribution in [3.63, 3.8) is 0 Å². The molecule has 6 nitrogen and oxygen atoms in total. The van der Waals surface area contributed by atoms with Crippen LogP contribution in [-0.2, 0) is 14.8 Å². The molecule has 20 heavy (non-hydrogen) atoms. The van der Waals surface area contributed by atoms with E-state index in [4.69, 9.17) is 5.26 Å². The van der Waals surface area contributed by atoms with Gasteiger partial charge in [-0.1, -0.05) is 6.42 Å². The van der Waals surface area contributed by atoms with Gasteiger partial charge in [0.15, 0.2) is 0 Å². The molecule has 1 aliphatic rings. The van der Waals surface area contributed by atoms with Crippen LogP contribution >= 0.6 is 0 Å². The van der Waals surface area contributed by atoms with E-state index in [0.717, 1.165) is 12.8 Å². The summed E-state index contributed by atoms with van der Waals surface area (Å²) in [6.07, 6.45) is 3.31. The normalized spacial score (nSPS) is 20.3. The van der Waals surface area contributed by atoms with E-state index in [0.29, 0.717) is 13.0 Å². The number of ketones is 1. The summed E-state index contributed by atoms with van der Waals surface area (Å²) in [6, 6.07) is 3.96. The van der Waals surface area contributed by atoms with Gasteiger partial charge in [0.1, 0.15) is 22.4 Å². The molecule has 1 saturated heterocycles. The summed E-state index contributed by atoms with van der Waals surface area (Å²) in [5, 5.41) is 8.68. The van der Waals surface area contributed by atoms with Crippen LogP contribution in [0.15, 0.2) is 23.2 Å². The molecule has 0 spiro atoms. The summed E-state index contributed by atoms with van der Waals surface area (Å²) >= 11 is 0. The Balaban J connectivity index is 2.37. The van der Waals surface area contributed by atoms with Crippen molar-refractivity contribution in [2.45, 2.75) is 37.1 Å². The second-order valence-corrected chi connectivity index (χ2v) is 6.62. The van der Waals surface area contributed by atoms with Crippen LogP contribution in [0.2, 0.25) is 0 Å². The van der Waals surface area contributed by atoms with Gasteiger partial charge >= 0.3 is 0 Å². The maximum Gasteiger partial charge on any atom is 0.245 e. The van der Waals surface area contributed by atoms with Crippen LogP contribution in [-0.4, -0.2) is 36.1 Å². The topological polar surface area (TPSA) is 91.1 Å². The SMILES string of the molecule is CC(=O)C1CCCCN1S(=O)(=O)c1ccc(C#N)nc1. The van der Waals surface area contributed by atoms with Crippen LogP contribution < -0.4 is 0 Å². The lowest BCUT2D eigenvalue weighted by atomic mass is 10.0. The van der Waals surface area contributed by atoms with Crippen LogP contribution in [0.1, 0.15) is 31.9 Å². The summed E-state index contributed by atoms with van der Waals surface area (Å²) in [5.41, 5.74) is 0.158. The van der Waals surface area contributed by atoms with Gasteiger partial charge in [-0.25, -0.2) is 13.4 Å². The average molecular weight is 293 g/mol. The first-order valence-electron chi connectivity index (χ1n) is 6.35. The molecule has 0 saturated carbocycles. The molecule has 7 heteroatoms. The smallest absolute Gasteiger partial charge is 0.245 e. The van der Waals surface area contributed by atoms with Crippen molar-refractivity contribution >= 4 is 15.8 Å². The van der Waals surface area contributed by atoms with Gasteiger partial charge in [0.25, 0.3) is 0 Å². The molecule has 1 unspecified atom stereocenters. The summed E-state index contributed by atoms with van der Waals surface area (Å²) in [5.74, 6) is -0.144. The number of aromatic nitrogens is 1. The molecule has 0 bridgehead atoms. The van der Waals surface area contributed by atoms with Crippen molar-refractivity contribution in [3.8, 4) is 6.07 Å². The molecule has 0 aliphatic carbocycles. The number of rotatable bonds is 3. The summed E-state index contributed by atoms with van der Waals surface area (Å²) in [7, 11) is -3.74. The Hall–Kier alpha value is -1.78.